The minimum absolute atomic E-state index is 0.197. The molecule has 0 saturated carbocycles. The van der Waals surface area contributed by atoms with E-state index in [0.29, 0.717) is 12.8 Å². The van der Waals surface area contributed by atoms with E-state index >= 15 is 0 Å². The van der Waals surface area contributed by atoms with E-state index < -0.39 is 14.8 Å². The Labute approximate surface area is 182 Å². The molecule has 0 radical (unpaired) electrons. The molecule has 0 amide bonds. The van der Waals surface area contributed by atoms with Gasteiger partial charge >= 0.3 is 22.5 Å². The van der Waals surface area contributed by atoms with Crippen molar-refractivity contribution in [3.8, 4) is 0 Å². The molecular weight excluding hydrogens is 447 g/mol. The molecule has 0 spiro atoms. The van der Waals surface area contributed by atoms with Crippen molar-refractivity contribution in [2.24, 2.45) is 0 Å². The second-order valence-electron chi connectivity index (χ2n) is 6.38. The average Bonchev–Trinajstić information content (AvgIpc) is 3.40. The summed E-state index contributed by atoms with van der Waals surface area (Å²) in [7, 11) is 0. The van der Waals surface area contributed by atoms with E-state index in [-0.39, 0.29) is 21.2 Å². The van der Waals surface area contributed by atoms with Gasteiger partial charge in [0.25, 0.3) is 11.4 Å². The molecule has 0 aliphatic carbocycles. The van der Waals surface area contributed by atoms with E-state index in [1.54, 1.807) is 24.5 Å². The molecular formula is C20H20MnN4O6. The molecule has 10 nitrogen and oxygen atoms in total. The fraction of sp³-hybridized carbons (Fsp3) is 0.200. The number of nitrogens with zero attached hydrogens (tertiary/aromatic N) is 2. The number of hydrogen-bond acceptors (Lipinski definition) is 6. The molecule has 0 saturated heterocycles. The summed E-state index contributed by atoms with van der Waals surface area (Å²) in [6, 6.07) is 10.7. The van der Waals surface area contributed by atoms with Crippen LogP contribution in [0.3, 0.4) is 0 Å². The maximum atomic E-state index is 10.7. The normalized spacial score (nSPS) is 10.0. The number of aryl methyl sites for hydroxylation is 2. The summed E-state index contributed by atoms with van der Waals surface area (Å²) in [5.74, 6) is 0. The maximum absolute atomic E-state index is 10.7. The van der Waals surface area contributed by atoms with E-state index in [2.05, 4.69) is 9.97 Å². The van der Waals surface area contributed by atoms with E-state index in [1.807, 2.05) is 38.1 Å². The third-order valence-corrected chi connectivity index (χ3v) is 4.66. The van der Waals surface area contributed by atoms with Crippen molar-refractivity contribution >= 4 is 33.2 Å². The van der Waals surface area contributed by atoms with Crippen LogP contribution in [0, 0.1) is 20.2 Å². The summed E-state index contributed by atoms with van der Waals surface area (Å²) in [6.07, 6.45) is 4.93. The Morgan fingerprint density at radius 3 is 1.42 bits per heavy atom. The van der Waals surface area contributed by atoms with Gasteiger partial charge in [0.1, 0.15) is 0 Å². The molecule has 163 valence electrons. The monoisotopic (exact) mass is 467 g/mol. The first-order chi connectivity index (χ1) is 14.9. The molecule has 0 aliphatic rings. The van der Waals surface area contributed by atoms with Crippen LogP contribution in [0.15, 0.2) is 48.8 Å². The predicted octanol–water partition coefficient (Wildman–Crippen LogP) is 5.04. The van der Waals surface area contributed by atoms with Gasteiger partial charge in [-0.3, -0.25) is 20.2 Å². The molecule has 2 aromatic carbocycles. The Balaban J connectivity index is 0.000000196. The molecule has 0 unspecified atom stereocenters. The molecule has 2 aromatic heterocycles. The number of aromatic nitrogens is 2. The van der Waals surface area contributed by atoms with Crippen LogP contribution in [0.1, 0.15) is 25.0 Å². The standard InChI is InChI=1S/2C10H10N2O2.Mn.2O/c2*1-2-7-5-8-3-4-11-9(8)6-10(7)12(13)14;;;/h2*3-6,11H,2H2,1H3;;;. The van der Waals surface area contributed by atoms with Crippen LogP contribution in [0.25, 0.3) is 21.8 Å². The van der Waals surface area contributed by atoms with Crippen LogP contribution in [-0.2, 0) is 35.3 Å². The van der Waals surface area contributed by atoms with Crippen LogP contribution >= 0.6 is 0 Å². The second-order valence-corrected chi connectivity index (χ2v) is 6.57. The molecule has 0 fully saturated rings. The first-order valence-corrected chi connectivity index (χ1v) is 10.2. The summed E-state index contributed by atoms with van der Waals surface area (Å²) in [6.45, 7) is 3.83. The van der Waals surface area contributed by atoms with Gasteiger partial charge in [-0.2, -0.15) is 0 Å². The van der Waals surface area contributed by atoms with E-state index in [4.69, 9.17) is 7.67 Å². The van der Waals surface area contributed by atoms with Gasteiger partial charge in [-0.05, 0) is 37.1 Å². The molecule has 4 rings (SSSR count). The Kier molecular flexibility index (Phi) is 8.42. The van der Waals surface area contributed by atoms with Crippen LogP contribution in [0.4, 0.5) is 11.4 Å². The van der Waals surface area contributed by atoms with Gasteiger partial charge in [0.2, 0.25) is 0 Å². The molecule has 11 heteroatoms. The zero-order valence-corrected chi connectivity index (χ0v) is 17.9. The van der Waals surface area contributed by atoms with Gasteiger partial charge in [0.15, 0.2) is 0 Å². The van der Waals surface area contributed by atoms with Gasteiger partial charge in [0.05, 0.1) is 20.9 Å². The van der Waals surface area contributed by atoms with Crippen molar-refractivity contribution in [3.63, 3.8) is 0 Å². The van der Waals surface area contributed by atoms with Crippen molar-refractivity contribution < 1.29 is 32.3 Å². The van der Waals surface area contributed by atoms with E-state index in [0.717, 1.165) is 32.9 Å². The molecule has 2 heterocycles. The molecule has 4 aromatic rings. The molecule has 31 heavy (non-hydrogen) atoms. The number of aromatic amines is 2. The first-order valence-electron chi connectivity index (χ1n) is 9.24. The summed E-state index contributed by atoms with van der Waals surface area (Å²) in [5.41, 5.74) is 3.58. The first kappa shape index (κ1) is 23.7. The number of H-pyrrole nitrogens is 2. The number of rotatable bonds is 4. The number of nitrogens with one attached hydrogen (secondary N) is 2. The minimum atomic E-state index is -1.44. The number of nitro benzene ring substituents is 2. The number of nitro groups is 2. The Bertz CT molecular complexity index is 1170. The van der Waals surface area contributed by atoms with Crippen molar-refractivity contribution in [3.05, 3.63) is 80.1 Å². The van der Waals surface area contributed by atoms with E-state index in [9.17, 15) is 20.2 Å². The topological polar surface area (TPSA) is 152 Å². The van der Waals surface area contributed by atoms with Crippen molar-refractivity contribution in [1.29, 1.82) is 0 Å². The Hall–Kier alpha value is -3.56. The summed E-state index contributed by atoms with van der Waals surface area (Å²) < 4.78 is 16.8. The summed E-state index contributed by atoms with van der Waals surface area (Å²) in [4.78, 5) is 26.7. The Morgan fingerprint density at radius 1 is 0.774 bits per heavy atom. The van der Waals surface area contributed by atoms with Crippen molar-refractivity contribution in [2.45, 2.75) is 26.7 Å². The summed E-state index contributed by atoms with van der Waals surface area (Å²) >= 11 is -1.44. The SMILES string of the molecule is CCc1cc2cc[nH]c2cc1[N+](=O)[O-].CCc1cc2cc[nH]c2cc1[N+](=O)[O-].[O]=[Mn]=[O]. The Morgan fingerprint density at radius 2 is 1.13 bits per heavy atom. The number of benzene rings is 2. The number of fused-ring (bicyclic) bond motifs is 2. The van der Waals surface area contributed by atoms with Gasteiger partial charge in [-0.25, -0.2) is 0 Å². The zero-order chi connectivity index (χ0) is 23.0. The van der Waals surface area contributed by atoms with Gasteiger partial charge < -0.3 is 9.97 Å². The zero-order valence-electron chi connectivity index (χ0n) is 16.8. The van der Waals surface area contributed by atoms with Crippen LogP contribution in [0.5, 0.6) is 0 Å². The third kappa shape index (κ3) is 5.74. The van der Waals surface area contributed by atoms with Crippen molar-refractivity contribution in [1.82, 2.24) is 9.97 Å². The van der Waals surface area contributed by atoms with Crippen LogP contribution in [0.2, 0.25) is 0 Å². The van der Waals surface area contributed by atoms with Gasteiger partial charge in [-0.1, -0.05) is 13.8 Å². The average molecular weight is 467 g/mol. The van der Waals surface area contributed by atoms with Crippen LogP contribution < -0.4 is 0 Å². The summed E-state index contributed by atoms with van der Waals surface area (Å²) in [5, 5.41) is 23.5. The second kappa shape index (κ2) is 11.0. The fourth-order valence-electron chi connectivity index (χ4n) is 3.18. The molecule has 0 atom stereocenters. The molecule has 0 bridgehead atoms. The van der Waals surface area contributed by atoms with Gasteiger partial charge in [0, 0.05) is 46.4 Å². The predicted molar refractivity (Wildman–Crippen MR) is 110 cm³/mol. The third-order valence-electron chi connectivity index (χ3n) is 4.66. The van der Waals surface area contributed by atoms with Crippen molar-refractivity contribution in [2.75, 3.05) is 0 Å². The molecule has 0 aliphatic heterocycles. The number of hydrogen-bond donors (Lipinski definition) is 2. The molecule has 2 N–H and O–H groups in total. The van der Waals surface area contributed by atoms with Gasteiger partial charge in [-0.15, -0.1) is 0 Å². The fourth-order valence-corrected chi connectivity index (χ4v) is 3.18. The quantitative estimate of drug-likeness (QED) is 0.244. The van der Waals surface area contributed by atoms with E-state index in [1.165, 1.54) is 0 Å². The van der Waals surface area contributed by atoms with Crippen LogP contribution in [-0.4, -0.2) is 19.8 Å².